The van der Waals surface area contributed by atoms with E-state index >= 15 is 0 Å². The Labute approximate surface area is 176 Å². The van der Waals surface area contributed by atoms with Gasteiger partial charge in [0.1, 0.15) is 17.4 Å². The maximum atomic E-state index is 14.7. The van der Waals surface area contributed by atoms with E-state index in [9.17, 15) is 26.7 Å². The number of unbranched alkanes of at least 4 members (excludes halogenated alkanes) is 1. The van der Waals surface area contributed by atoms with Gasteiger partial charge in [0, 0.05) is 11.1 Å². The first-order chi connectivity index (χ1) is 14.7. The average Bonchev–Trinajstić information content (AvgIpc) is 2.72. The number of hydrogen-bond donors (Lipinski definition) is 0. The van der Waals surface area contributed by atoms with Gasteiger partial charge in [-0.25, -0.2) is 13.6 Å². The lowest BCUT2D eigenvalue weighted by molar-refractivity contribution is -0.189. The standard InChI is InChI=1S/C24H19F5O2/c1-2-3-4-15-5-11-20(21(25)13-15)17-8-12-19(22(26)14-17)16-6-9-18(10-7-16)31-23(30)24(27,28)29/h5-14H,2-4H2,1H3. The van der Waals surface area contributed by atoms with Crippen molar-refractivity contribution >= 4 is 5.97 Å². The second kappa shape index (κ2) is 9.29. The van der Waals surface area contributed by atoms with Crippen LogP contribution in [0.2, 0.25) is 0 Å². The molecule has 0 aliphatic heterocycles. The van der Waals surface area contributed by atoms with E-state index in [0.29, 0.717) is 11.1 Å². The van der Waals surface area contributed by atoms with Crippen LogP contribution in [0, 0.1) is 11.6 Å². The van der Waals surface area contributed by atoms with Crippen molar-refractivity contribution in [1.29, 1.82) is 0 Å². The molecule has 0 radical (unpaired) electrons. The van der Waals surface area contributed by atoms with E-state index in [1.165, 1.54) is 30.3 Å². The summed E-state index contributed by atoms with van der Waals surface area (Å²) in [7, 11) is 0. The molecule has 7 heteroatoms. The van der Waals surface area contributed by atoms with Crippen LogP contribution in [-0.4, -0.2) is 12.1 Å². The highest BCUT2D eigenvalue weighted by Crippen LogP contribution is 2.31. The van der Waals surface area contributed by atoms with Crippen LogP contribution >= 0.6 is 0 Å². The van der Waals surface area contributed by atoms with Gasteiger partial charge >= 0.3 is 12.1 Å². The van der Waals surface area contributed by atoms with Crippen LogP contribution in [0.5, 0.6) is 5.75 Å². The number of halogens is 5. The van der Waals surface area contributed by atoms with Crippen LogP contribution in [0.15, 0.2) is 60.7 Å². The summed E-state index contributed by atoms with van der Waals surface area (Å²) in [5.41, 5.74) is 2.08. The molecule has 3 aromatic rings. The van der Waals surface area contributed by atoms with Crippen LogP contribution < -0.4 is 4.74 Å². The quantitative estimate of drug-likeness (QED) is 0.235. The van der Waals surface area contributed by atoms with Gasteiger partial charge in [0.15, 0.2) is 0 Å². The van der Waals surface area contributed by atoms with Crippen LogP contribution in [0.4, 0.5) is 22.0 Å². The third-order valence-electron chi connectivity index (χ3n) is 4.74. The second-order valence-corrected chi connectivity index (χ2v) is 7.02. The maximum Gasteiger partial charge on any atom is 0.491 e. The number of hydrogen-bond acceptors (Lipinski definition) is 2. The fraction of sp³-hybridized carbons (Fsp3) is 0.208. The summed E-state index contributed by atoms with van der Waals surface area (Å²) in [5.74, 6) is -3.70. The molecule has 0 bridgehead atoms. The Bertz CT molecular complexity index is 1070. The lowest BCUT2D eigenvalue weighted by Crippen LogP contribution is -2.27. The van der Waals surface area contributed by atoms with Crippen molar-refractivity contribution in [2.75, 3.05) is 0 Å². The second-order valence-electron chi connectivity index (χ2n) is 7.02. The van der Waals surface area contributed by atoms with Crippen molar-refractivity contribution in [3.05, 3.63) is 77.9 Å². The molecule has 3 rings (SSSR count). The molecule has 0 heterocycles. The maximum absolute atomic E-state index is 14.7. The monoisotopic (exact) mass is 434 g/mol. The molecule has 0 aliphatic carbocycles. The highest BCUT2D eigenvalue weighted by atomic mass is 19.4. The van der Waals surface area contributed by atoms with Gasteiger partial charge in [-0.3, -0.25) is 0 Å². The number of esters is 1. The lowest BCUT2D eigenvalue weighted by Gasteiger charge is -2.10. The Kier molecular flexibility index (Phi) is 6.73. The zero-order valence-electron chi connectivity index (χ0n) is 16.6. The zero-order valence-corrected chi connectivity index (χ0v) is 16.6. The number of aryl methyl sites for hydroxylation is 1. The third-order valence-corrected chi connectivity index (χ3v) is 4.74. The third kappa shape index (κ3) is 5.48. The number of rotatable bonds is 6. The van der Waals surface area contributed by atoms with Crippen molar-refractivity contribution in [2.24, 2.45) is 0 Å². The van der Waals surface area contributed by atoms with Crippen molar-refractivity contribution in [2.45, 2.75) is 32.4 Å². The van der Waals surface area contributed by atoms with Gasteiger partial charge in [-0.2, -0.15) is 13.2 Å². The largest absolute Gasteiger partial charge is 0.491 e. The van der Waals surface area contributed by atoms with Gasteiger partial charge in [0.2, 0.25) is 0 Å². The molecule has 3 aromatic carbocycles. The molecular formula is C24H19F5O2. The first-order valence-electron chi connectivity index (χ1n) is 9.67. The predicted octanol–water partition coefficient (Wildman–Crippen LogP) is 7.11. The minimum atomic E-state index is -5.11. The average molecular weight is 434 g/mol. The summed E-state index contributed by atoms with van der Waals surface area (Å²) in [6.07, 6.45) is -2.38. The van der Waals surface area contributed by atoms with Gasteiger partial charge < -0.3 is 4.74 Å². The summed E-state index contributed by atoms with van der Waals surface area (Å²) in [6, 6.07) is 14.1. The van der Waals surface area contributed by atoms with Crippen LogP contribution in [-0.2, 0) is 11.2 Å². The molecule has 0 saturated heterocycles. The lowest BCUT2D eigenvalue weighted by atomic mass is 9.97. The normalized spacial score (nSPS) is 11.4. The molecule has 0 aromatic heterocycles. The van der Waals surface area contributed by atoms with E-state index in [0.717, 1.165) is 37.0 Å². The Balaban J connectivity index is 1.80. The van der Waals surface area contributed by atoms with Crippen LogP contribution in [0.25, 0.3) is 22.3 Å². The van der Waals surface area contributed by atoms with Gasteiger partial charge in [0.25, 0.3) is 0 Å². The fourth-order valence-electron chi connectivity index (χ4n) is 3.11. The van der Waals surface area contributed by atoms with Gasteiger partial charge in [-0.05, 0) is 53.8 Å². The molecule has 0 N–H and O–H groups in total. The molecule has 0 atom stereocenters. The van der Waals surface area contributed by atoms with Gasteiger partial charge in [-0.1, -0.05) is 49.7 Å². The van der Waals surface area contributed by atoms with E-state index in [4.69, 9.17) is 0 Å². The van der Waals surface area contributed by atoms with E-state index in [1.54, 1.807) is 12.1 Å². The summed E-state index contributed by atoms with van der Waals surface area (Å²) in [6.45, 7) is 2.05. The number of carbonyl (C=O) groups excluding carboxylic acids is 1. The topological polar surface area (TPSA) is 26.3 Å². The van der Waals surface area contributed by atoms with E-state index in [-0.39, 0.29) is 16.9 Å². The Hall–Kier alpha value is -3.22. The van der Waals surface area contributed by atoms with Gasteiger partial charge in [0.05, 0.1) is 0 Å². The van der Waals surface area contributed by atoms with Crippen molar-refractivity contribution < 1.29 is 31.5 Å². The first kappa shape index (κ1) is 22.5. The molecule has 0 fully saturated rings. The molecule has 31 heavy (non-hydrogen) atoms. The van der Waals surface area contributed by atoms with Crippen molar-refractivity contribution in [3.8, 4) is 28.0 Å². The van der Waals surface area contributed by atoms with Crippen molar-refractivity contribution in [3.63, 3.8) is 0 Å². The highest BCUT2D eigenvalue weighted by molar-refractivity contribution is 5.78. The van der Waals surface area contributed by atoms with E-state index in [2.05, 4.69) is 11.7 Å². The molecule has 2 nitrogen and oxygen atoms in total. The number of alkyl halides is 3. The van der Waals surface area contributed by atoms with Crippen LogP contribution in [0.3, 0.4) is 0 Å². The highest BCUT2D eigenvalue weighted by Gasteiger charge is 2.41. The molecule has 0 unspecified atom stereocenters. The molecule has 0 spiro atoms. The van der Waals surface area contributed by atoms with E-state index in [1.807, 2.05) is 6.07 Å². The summed E-state index contributed by atoms with van der Waals surface area (Å²) in [4.78, 5) is 10.9. The van der Waals surface area contributed by atoms with Crippen molar-refractivity contribution in [1.82, 2.24) is 0 Å². The number of carbonyl (C=O) groups is 1. The molecule has 162 valence electrons. The molecule has 0 saturated carbocycles. The van der Waals surface area contributed by atoms with Gasteiger partial charge in [-0.15, -0.1) is 0 Å². The molecular weight excluding hydrogens is 415 g/mol. The molecule has 0 amide bonds. The smallest absolute Gasteiger partial charge is 0.420 e. The number of ether oxygens (including phenoxy) is 1. The Morgan fingerprint density at radius 3 is 2.00 bits per heavy atom. The SMILES string of the molecule is CCCCc1ccc(-c2ccc(-c3ccc(OC(=O)C(F)(F)F)cc3)c(F)c2)c(F)c1. The Morgan fingerprint density at radius 1 is 0.839 bits per heavy atom. The van der Waals surface area contributed by atoms with Crippen LogP contribution in [0.1, 0.15) is 25.3 Å². The minimum absolute atomic E-state index is 0.178. The minimum Gasteiger partial charge on any atom is -0.420 e. The first-order valence-corrected chi connectivity index (χ1v) is 9.67. The predicted molar refractivity (Wildman–Crippen MR) is 108 cm³/mol. The van der Waals surface area contributed by atoms with E-state index < -0.39 is 23.8 Å². The molecule has 0 aliphatic rings. The zero-order chi connectivity index (χ0) is 22.6. The summed E-state index contributed by atoms with van der Waals surface area (Å²) >= 11 is 0. The summed E-state index contributed by atoms with van der Waals surface area (Å²) in [5, 5.41) is 0. The number of benzene rings is 3. The Morgan fingerprint density at radius 2 is 1.42 bits per heavy atom. The fourth-order valence-corrected chi connectivity index (χ4v) is 3.11. The summed E-state index contributed by atoms with van der Waals surface area (Å²) < 4.78 is 70.2.